The normalized spacial score (nSPS) is 14.8. The van der Waals surface area contributed by atoms with Crippen LogP contribution in [0.3, 0.4) is 0 Å². The maximum Gasteiger partial charge on any atom is 0.410 e. The number of likely N-dealkylation sites (tertiary alicyclic amines) is 1. The van der Waals surface area contributed by atoms with Crippen LogP contribution >= 0.6 is 0 Å². The Bertz CT molecular complexity index is 1430. The van der Waals surface area contributed by atoms with Gasteiger partial charge in [-0.15, -0.1) is 0 Å². The van der Waals surface area contributed by atoms with Crippen molar-refractivity contribution in [2.24, 2.45) is 5.92 Å². The maximum atomic E-state index is 12.3. The van der Waals surface area contributed by atoms with Gasteiger partial charge in [0.25, 0.3) is 0 Å². The van der Waals surface area contributed by atoms with Crippen molar-refractivity contribution < 1.29 is 19.0 Å². The number of benzene rings is 2. The Balaban J connectivity index is 1.31. The monoisotopic (exact) mass is 502 g/mol. The van der Waals surface area contributed by atoms with Crippen LogP contribution in [0.15, 0.2) is 42.6 Å². The molecule has 0 unspecified atom stereocenters. The summed E-state index contributed by atoms with van der Waals surface area (Å²) in [6.45, 7) is 9.58. The number of carbonyl (C=O) groups is 1. The van der Waals surface area contributed by atoms with Gasteiger partial charge in [0.05, 0.1) is 25.4 Å². The van der Waals surface area contributed by atoms with Gasteiger partial charge in [0.15, 0.2) is 11.5 Å². The van der Waals surface area contributed by atoms with Crippen molar-refractivity contribution in [3.8, 4) is 22.6 Å². The van der Waals surface area contributed by atoms with Crippen molar-refractivity contribution in [1.29, 1.82) is 0 Å². The molecule has 0 spiro atoms. The molecule has 2 aromatic carbocycles. The van der Waals surface area contributed by atoms with Crippen molar-refractivity contribution in [3.05, 3.63) is 48.3 Å². The number of ether oxygens (including phenoxy) is 3. The average molecular weight is 503 g/mol. The van der Waals surface area contributed by atoms with E-state index in [4.69, 9.17) is 14.2 Å². The zero-order valence-corrected chi connectivity index (χ0v) is 22.1. The first-order chi connectivity index (χ1) is 17.7. The third-order valence-electron chi connectivity index (χ3n) is 6.73. The number of fused-ring (bicyclic) bond motifs is 2. The zero-order chi connectivity index (χ0) is 26.2. The summed E-state index contributed by atoms with van der Waals surface area (Å²) in [5.74, 6) is 1.65. The number of aromatic amines is 1. The molecule has 1 fully saturated rings. The Kier molecular flexibility index (Phi) is 6.67. The smallest absolute Gasteiger partial charge is 0.410 e. The average Bonchev–Trinajstić information content (AvgIpc) is 3.25. The number of rotatable bonds is 5. The quantitative estimate of drug-likeness (QED) is 0.354. The Labute approximate surface area is 216 Å². The number of H-pyrrole nitrogens is 1. The van der Waals surface area contributed by atoms with Gasteiger partial charge in [-0.2, -0.15) is 10.2 Å². The van der Waals surface area contributed by atoms with E-state index in [1.807, 2.05) is 32.9 Å². The molecule has 37 heavy (non-hydrogen) atoms. The standard InChI is InChI=1S/C29H34N4O4/c1-18-12-21-13-20(6-7-24(21)31-18)23-16-30-32-25-15-27(26(35-5)14-22(23)25)36-17-19-8-10-33(11-9-19)28(34)37-29(2,3)4/h6-7,12-16,19,31H,8-11,17H2,1-5H3. The van der Waals surface area contributed by atoms with Crippen molar-refractivity contribution in [2.45, 2.75) is 46.1 Å². The number of methoxy groups -OCH3 is 1. The van der Waals surface area contributed by atoms with Gasteiger partial charge < -0.3 is 24.1 Å². The highest BCUT2D eigenvalue weighted by Crippen LogP contribution is 2.37. The molecule has 194 valence electrons. The van der Waals surface area contributed by atoms with Crippen LogP contribution in [0.25, 0.3) is 32.9 Å². The molecule has 1 aliphatic heterocycles. The van der Waals surface area contributed by atoms with E-state index in [9.17, 15) is 4.79 Å². The fraction of sp³-hybridized carbons (Fsp3) is 0.414. The van der Waals surface area contributed by atoms with Gasteiger partial charge in [-0.3, -0.25) is 0 Å². The van der Waals surface area contributed by atoms with Crippen LogP contribution in [0, 0.1) is 12.8 Å². The van der Waals surface area contributed by atoms with Crippen molar-refractivity contribution >= 4 is 27.9 Å². The maximum absolute atomic E-state index is 12.3. The molecular formula is C29H34N4O4. The van der Waals surface area contributed by atoms with E-state index in [1.165, 1.54) is 0 Å². The summed E-state index contributed by atoms with van der Waals surface area (Å²) in [6.07, 6.45) is 3.27. The van der Waals surface area contributed by atoms with Gasteiger partial charge >= 0.3 is 6.09 Å². The van der Waals surface area contributed by atoms with E-state index >= 15 is 0 Å². The Morgan fingerprint density at radius 2 is 1.89 bits per heavy atom. The lowest BCUT2D eigenvalue weighted by atomic mass is 9.98. The second kappa shape index (κ2) is 9.92. The fourth-order valence-electron chi connectivity index (χ4n) is 4.83. The summed E-state index contributed by atoms with van der Waals surface area (Å²) in [4.78, 5) is 17.5. The molecule has 0 aliphatic carbocycles. The highest BCUT2D eigenvalue weighted by Gasteiger charge is 2.27. The SMILES string of the molecule is COc1cc2c(-c3ccc4[nH]c(C)cc4c3)cnnc2cc1OCC1CCN(C(=O)OC(C)(C)C)CC1. The number of amides is 1. The molecule has 3 heterocycles. The molecule has 1 N–H and O–H groups in total. The molecule has 5 rings (SSSR count). The van der Waals surface area contributed by atoms with Crippen LogP contribution in [0.4, 0.5) is 4.79 Å². The molecule has 0 bridgehead atoms. The number of nitrogens with one attached hydrogen (secondary N) is 1. The van der Waals surface area contributed by atoms with Crippen LogP contribution < -0.4 is 9.47 Å². The number of aryl methyl sites for hydroxylation is 1. The van der Waals surface area contributed by atoms with E-state index in [0.29, 0.717) is 37.1 Å². The van der Waals surface area contributed by atoms with E-state index in [-0.39, 0.29) is 6.09 Å². The van der Waals surface area contributed by atoms with Gasteiger partial charge in [-0.05, 0) is 76.3 Å². The zero-order valence-electron chi connectivity index (χ0n) is 22.1. The molecule has 1 aliphatic rings. The molecule has 0 radical (unpaired) electrons. The fourth-order valence-corrected chi connectivity index (χ4v) is 4.83. The lowest BCUT2D eigenvalue weighted by Crippen LogP contribution is -2.42. The van der Waals surface area contributed by atoms with Gasteiger partial charge in [0.1, 0.15) is 5.60 Å². The van der Waals surface area contributed by atoms with Gasteiger partial charge in [0, 0.05) is 46.7 Å². The van der Waals surface area contributed by atoms with Crippen molar-refractivity contribution in [2.75, 3.05) is 26.8 Å². The van der Waals surface area contributed by atoms with Gasteiger partial charge in [0.2, 0.25) is 0 Å². The Morgan fingerprint density at radius 3 is 2.62 bits per heavy atom. The molecule has 4 aromatic rings. The molecule has 8 nitrogen and oxygen atoms in total. The van der Waals surface area contributed by atoms with Crippen LogP contribution in [-0.2, 0) is 4.74 Å². The topological polar surface area (TPSA) is 89.6 Å². The van der Waals surface area contributed by atoms with Crippen LogP contribution in [0.5, 0.6) is 11.5 Å². The molecular weight excluding hydrogens is 468 g/mol. The molecule has 1 saturated heterocycles. The molecule has 0 saturated carbocycles. The minimum atomic E-state index is -0.486. The molecule has 0 atom stereocenters. The summed E-state index contributed by atoms with van der Waals surface area (Å²) in [7, 11) is 1.65. The summed E-state index contributed by atoms with van der Waals surface area (Å²) in [5, 5.41) is 10.8. The lowest BCUT2D eigenvalue weighted by Gasteiger charge is -2.33. The number of aromatic nitrogens is 3. The predicted octanol–water partition coefficient (Wildman–Crippen LogP) is 6.12. The third kappa shape index (κ3) is 5.48. The van der Waals surface area contributed by atoms with Crippen LogP contribution in [-0.4, -0.2) is 58.6 Å². The minimum Gasteiger partial charge on any atom is -0.493 e. The Hall–Kier alpha value is -3.81. The molecule has 1 amide bonds. The van der Waals surface area contributed by atoms with E-state index in [1.54, 1.807) is 18.2 Å². The third-order valence-corrected chi connectivity index (χ3v) is 6.73. The summed E-state index contributed by atoms with van der Waals surface area (Å²) < 4.78 is 17.4. The van der Waals surface area contributed by atoms with Crippen LogP contribution in [0.2, 0.25) is 0 Å². The van der Waals surface area contributed by atoms with Gasteiger partial charge in [-0.25, -0.2) is 4.79 Å². The number of piperidine rings is 1. The van der Waals surface area contributed by atoms with E-state index in [2.05, 4.69) is 46.4 Å². The first-order valence-electron chi connectivity index (χ1n) is 12.7. The van der Waals surface area contributed by atoms with E-state index < -0.39 is 5.60 Å². The molecule has 2 aromatic heterocycles. The number of hydrogen-bond acceptors (Lipinski definition) is 6. The van der Waals surface area contributed by atoms with E-state index in [0.717, 1.165) is 51.5 Å². The highest BCUT2D eigenvalue weighted by atomic mass is 16.6. The minimum absolute atomic E-state index is 0.247. The van der Waals surface area contributed by atoms with Crippen molar-refractivity contribution in [3.63, 3.8) is 0 Å². The summed E-state index contributed by atoms with van der Waals surface area (Å²) >= 11 is 0. The second-order valence-corrected chi connectivity index (χ2v) is 10.8. The predicted molar refractivity (Wildman–Crippen MR) is 144 cm³/mol. The number of nitrogens with zero attached hydrogens (tertiary/aromatic N) is 3. The highest BCUT2D eigenvalue weighted by molar-refractivity contribution is 5.98. The molecule has 8 heteroatoms. The number of carbonyl (C=O) groups excluding carboxylic acids is 1. The van der Waals surface area contributed by atoms with Crippen molar-refractivity contribution in [1.82, 2.24) is 20.1 Å². The van der Waals surface area contributed by atoms with Crippen LogP contribution in [0.1, 0.15) is 39.3 Å². The first kappa shape index (κ1) is 24.9. The lowest BCUT2D eigenvalue weighted by molar-refractivity contribution is 0.0164. The largest absolute Gasteiger partial charge is 0.493 e. The first-order valence-corrected chi connectivity index (χ1v) is 12.7. The summed E-state index contributed by atoms with van der Waals surface area (Å²) in [6, 6.07) is 12.4. The Morgan fingerprint density at radius 1 is 1.11 bits per heavy atom. The number of hydrogen-bond donors (Lipinski definition) is 1. The second-order valence-electron chi connectivity index (χ2n) is 10.8. The summed E-state index contributed by atoms with van der Waals surface area (Å²) in [5.41, 5.74) is 4.56. The van der Waals surface area contributed by atoms with Gasteiger partial charge in [-0.1, -0.05) is 6.07 Å².